The first kappa shape index (κ1) is 17.8. The van der Waals surface area contributed by atoms with Crippen molar-refractivity contribution in [3.05, 3.63) is 0 Å². The molecule has 0 aromatic carbocycles. The Kier molecular flexibility index (Phi) is 7.94. The van der Waals surface area contributed by atoms with E-state index in [9.17, 15) is 4.79 Å². The molecule has 2 nitrogen and oxygen atoms in total. The molecule has 0 heterocycles. The third-order valence-electron chi connectivity index (χ3n) is 4.61. The Labute approximate surface area is 130 Å². The van der Waals surface area contributed by atoms with Crippen LogP contribution >= 0.6 is 11.6 Å². The quantitative estimate of drug-likeness (QED) is 0.612. The maximum atomic E-state index is 12.7. The topological polar surface area (TPSA) is 29.1 Å². The molecule has 1 fully saturated rings. The van der Waals surface area contributed by atoms with Crippen molar-refractivity contribution in [1.29, 1.82) is 0 Å². The molecular weight excluding hydrogens is 270 g/mol. The molecule has 118 valence electrons. The maximum Gasteiger partial charge on any atom is 0.226 e. The van der Waals surface area contributed by atoms with Crippen molar-refractivity contribution in [1.82, 2.24) is 5.32 Å². The van der Waals surface area contributed by atoms with Crippen LogP contribution in [0.2, 0.25) is 0 Å². The third kappa shape index (κ3) is 5.27. The standard InChI is InChI=1S/C17H32ClNO/c1-4-7-15(8-11-18)13-19-16(20)17(12-14(2)3)9-5-6-10-17/h14-15H,4-13H2,1-3H3,(H,19,20). The molecule has 1 saturated carbocycles. The Morgan fingerprint density at radius 1 is 1.25 bits per heavy atom. The van der Waals surface area contributed by atoms with Crippen LogP contribution in [0.4, 0.5) is 0 Å². The molecule has 3 heteroatoms. The molecule has 1 aliphatic carbocycles. The molecule has 1 unspecified atom stereocenters. The Morgan fingerprint density at radius 2 is 1.90 bits per heavy atom. The molecule has 1 N–H and O–H groups in total. The summed E-state index contributed by atoms with van der Waals surface area (Å²) >= 11 is 5.86. The molecule has 1 rings (SSSR count). The van der Waals surface area contributed by atoms with Crippen molar-refractivity contribution in [2.75, 3.05) is 12.4 Å². The Balaban J connectivity index is 2.53. The van der Waals surface area contributed by atoms with Crippen LogP contribution in [0.1, 0.15) is 72.1 Å². The highest BCUT2D eigenvalue weighted by atomic mass is 35.5. The van der Waals surface area contributed by atoms with Crippen molar-refractivity contribution in [3.8, 4) is 0 Å². The van der Waals surface area contributed by atoms with Crippen molar-refractivity contribution >= 4 is 17.5 Å². The lowest BCUT2D eigenvalue weighted by Crippen LogP contribution is -2.42. The Bertz CT molecular complexity index is 279. The average Bonchev–Trinajstić information content (AvgIpc) is 2.85. The van der Waals surface area contributed by atoms with Crippen LogP contribution in [0.25, 0.3) is 0 Å². The number of alkyl halides is 1. The van der Waals surface area contributed by atoms with E-state index in [2.05, 4.69) is 26.1 Å². The Morgan fingerprint density at radius 3 is 2.40 bits per heavy atom. The second-order valence-corrected chi connectivity index (χ2v) is 7.31. The fourth-order valence-electron chi connectivity index (χ4n) is 3.69. The number of halogens is 1. The van der Waals surface area contributed by atoms with E-state index in [1.807, 2.05) is 0 Å². The van der Waals surface area contributed by atoms with Crippen LogP contribution < -0.4 is 5.32 Å². The van der Waals surface area contributed by atoms with Gasteiger partial charge in [0.1, 0.15) is 0 Å². The molecule has 1 amide bonds. The predicted molar refractivity (Wildman–Crippen MR) is 87.1 cm³/mol. The van der Waals surface area contributed by atoms with Gasteiger partial charge in [-0.05, 0) is 43.9 Å². The molecule has 1 atom stereocenters. The minimum Gasteiger partial charge on any atom is -0.355 e. The summed E-state index contributed by atoms with van der Waals surface area (Å²) in [6.45, 7) is 7.45. The highest BCUT2D eigenvalue weighted by Gasteiger charge is 2.41. The number of hydrogen-bond acceptors (Lipinski definition) is 1. The van der Waals surface area contributed by atoms with Gasteiger partial charge in [0.05, 0.1) is 0 Å². The second-order valence-electron chi connectivity index (χ2n) is 6.93. The zero-order chi connectivity index (χ0) is 15.0. The van der Waals surface area contributed by atoms with Crippen molar-refractivity contribution < 1.29 is 4.79 Å². The molecule has 0 aromatic heterocycles. The van der Waals surface area contributed by atoms with Gasteiger partial charge in [0.15, 0.2) is 0 Å². The molecule has 0 aliphatic heterocycles. The summed E-state index contributed by atoms with van der Waals surface area (Å²) in [6, 6.07) is 0. The van der Waals surface area contributed by atoms with Gasteiger partial charge in [-0.15, -0.1) is 11.6 Å². The predicted octanol–water partition coefficient (Wildman–Crippen LogP) is 4.75. The number of nitrogens with one attached hydrogen (secondary N) is 1. The monoisotopic (exact) mass is 301 g/mol. The fourth-order valence-corrected chi connectivity index (χ4v) is 4.00. The molecule has 1 aliphatic rings. The summed E-state index contributed by atoms with van der Waals surface area (Å²) in [6.07, 6.45) is 8.93. The molecule has 20 heavy (non-hydrogen) atoms. The van der Waals surface area contributed by atoms with Crippen LogP contribution in [0.3, 0.4) is 0 Å². The van der Waals surface area contributed by atoms with Gasteiger partial charge in [-0.3, -0.25) is 4.79 Å². The van der Waals surface area contributed by atoms with Gasteiger partial charge in [-0.25, -0.2) is 0 Å². The number of hydrogen-bond donors (Lipinski definition) is 1. The number of amides is 1. The summed E-state index contributed by atoms with van der Waals surface area (Å²) in [5.74, 6) is 2.13. The first-order valence-corrected chi connectivity index (χ1v) is 8.91. The summed E-state index contributed by atoms with van der Waals surface area (Å²) in [4.78, 5) is 12.7. The molecule has 0 radical (unpaired) electrons. The van der Waals surface area contributed by atoms with E-state index in [4.69, 9.17) is 11.6 Å². The van der Waals surface area contributed by atoms with Gasteiger partial charge in [0, 0.05) is 17.8 Å². The minimum atomic E-state index is -0.0775. The normalized spacial score (nSPS) is 19.2. The summed E-state index contributed by atoms with van der Waals surface area (Å²) < 4.78 is 0. The first-order valence-electron chi connectivity index (χ1n) is 8.38. The lowest BCUT2D eigenvalue weighted by Gasteiger charge is -2.30. The van der Waals surface area contributed by atoms with Crippen LogP contribution in [0, 0.1) is 17.3 Å². The SMILES string of the molecule is CCCC(CCCl)CNC(=O)C1(CC(C)C)CCCC1. The number of rotatable bonds is 9. The molecule has 0 spiro atoms. The summed E-state index contributed by atoms with van der Waals surface area (Å²) in [5, 5.41) is 3.24. The smallest absolute Gasteiger partial charge is 0.226 e. The largest absolute Gasteiger partial charge is 0.355 e. The molecule has 0 bridgehead atoms. The lowest BCUT2D eigenvalue weighted by molar-refractivity contribution is -0.132. The third-order valence-corrected chi connectivity index (χ3v) is 4.83. The zero-order valence-corrected chi connectivity index (χ0v) is 14.3. The van der Waals surface area contributed by atoms with Crippen LogP contribution in [0.5, 0.6) is 0 Å². The van der Waals surface area contributed by atoms with Crippen molar-refractivity contribution in [2.24, 2.45) is 17.3 Å². The van der Waals surface area contributed by atoms with E-state index < -0.39 is 0 Å². The van der Waals surface area contributed by atoms with Gasteiger partial charge in [-0.1, -0.05) is 40.0 Å². The van der Waals surface area contributed by atoms with Gasteiger partial charge >= 0.3 is 0 Å². The van der Waals surface area contributed by atoms with Crippen molar-refractivity contribution in [2.45, 2.75) is 72.1 Å². The molecular formula is C17H32ClNO. The van der Waals surface area contributed by atoms with E-state index in [1.54, 1.807) is 0 Å². The first-order chi connectivity index (χ1) is 9.54. The van der Waals surface area contributed by atoms with Gasteiger partial charge in [0.2, 0.25) is 5.91 Å². The highest BCUT2D eigenvalue weighted by molar-refractivity contribution is 6.17. The Hall–Kier alpha value is -0.240. The fraction of sp³-hybridized carbons (Fsp3) is 0.941. The zero-order valence-electron chi connectivity index (χ0n) is 13.5. The number of carbonyl (C=O) groups is 1. The molecule has 0 saturated heterocycles. The lowest BCUT2D eigenvalue weighted by atomic mass is 9.77. The van der Waals surface area contributed by atoms with Crippen LogP contribution in [0.15, 0.2) is 0 Å². The van der Waals surface area contributed by atoms with E-state index in [0.29, 0.717) is 23.6 Å². The van der Waals surface area contributed by atoms with Crippen molar-refractivity contribution in [3.63, 3.8) is 0 Å². The minimum absolute atomic E-state index is 0.0775. The van der Waals surface area contributed by atoms with Crippen LogP contribution in [-0.4, -0.2) is 18.3 Å². The van der Waals surface area contributed by atoms with E-state index in [1.165, 1.54) is 12.8 Å². The summed E-state index contributed by atoms with van der Waals surface area (Å²) in [7, 11) is 0. The maximum absolute atomic E-state index is 12.7. The molecule has 0 aromatic rings. The van der Waals surface area contributed by atoms with Crippen LogP contribution in [-0.2, 0) is 4.79 Å². The van der Waals surface area contributed by atoms with E-state index >= 15 is 0 Å². The average molecular weight is 302 g/mol. The van der Waals surface area contributed by atoms with E-state index in [0.717, 1.165) is 45.1 Å². The highest BCUT2D eigenvalue weighted by Crippen LogP contribution is 2.43. The second kappa shape index (κ2) is 8.92. The summed E-state index contributed by atoms with van der Waals surface area (Å²) in [5.41, 5.74) is -0.0775. The van der Waals surface area contributed by atoms with Gasteiger partial charge in [0.25, 0.3) is 0 Å². The van der Waals surface area contributed by atoms with Gasteiger partial charge < -0.3 is 5.32 Å². The van der Waals surface area contributed by atoms with Gasteiger partial charge in [-0.2, -0.15) is 0 Å². The van der Waals surface area contributed by atoms with E-state index in [-0.39, 0.29) is 5.41 Å². The number of carbonyl (C=O) groups excluding carboxylic acids is 1.